The van der Waals surface area contributed by atoms with E-state index in [9.17, 15) is 0 Å². The van der Waals surface area contributed by atoms with Crippen molar-refractivity contribution in [2.24, 2.45) is 0 Å². The lowest BCUT2D eigenvalue weighted by Crippen LogP contribution is -2.57. The van der Waals surface area contributed by atoms with E-state index in [0.29, 0.717) is 5.82 Å². The molecule has 3 saturated heterocycles. The van der Waals surface area contributed by atoms with E-state index in [1.807, 2.05) is 6.07 Å². The van der Waals surface area contributed by atoms with Gasteiger partial charge in [-0.2, -0.15) is 0 Å². The molecule has 1 aromatic heterocycles. The third-order valence-electron chi connectivity index (χ3n) is 7.97. The Morgan fingerprint density at radius 2 is 1.71 bits per heavy atom. The minimum Gasteiger partial charge on any atom is -0.380 e. The van der Waals surface area contributed by atoms with Gasteiger partial charge < -0.3 is 25.6 Å². The summed E-state index contributed by atoms with van der Waals surface area (Å²) in [6.07, 6.45) is 4.60. The maximum atomic E-state index is 6.42. The van der Waals surface area contributed by atoms with Gasteiger partial charge in [0.15, 0.2) is 5.82 Å². The molecule has 0 radical (unpaired) electrons. The van der Waals surface area contributed by atoms with Crippen molar-refractivity contribution in [1.29, 1.82) is 0 Å². The zero-order valence-electron chi connectivity index (χ0n) is 21.2. The first-order chi connectivity index (χ1) is 17.1. The molecule has 35 heavy (non-hydrogen) atoms. The molecule has 190 valence electrons. The number of hydrogen-bond acceptors (Lipinski definition) is 8. The van der Waals surface area contributed by atoms with E-state index in [4.69, 9.17) is 10.5 Å². The van der Waals surface area contributed by atoms with Crippen LogP contribution >= 0.6 is 0 Å². The van der Waals surface area contributed by atoms with Crippen molar-refractivity contribution < 1.29 is 4.74 Å². The maximum Gasteiger partial charge on any atom is 0.169 e. The first-order valence-corrected chi connectivity index (χ1v) is 13.4. The lowest BCUT2D eigenvalue weighted by Gasteiger charge is -2.48. The van der Waals surface area contributed by atoms with Crippen molar-refractivity contribution in [2.75, 3.05) is 82.7 Å². The van der Waals surface area contributed by atoms with Gasteiger partial charge in [0.25, 0.3) is 0 Å². The Morgan fingerprint density at radius 3 is 2.49 bits per heavy atom. The molecule has 1 spiro atoms. The van der Waals surface area contributed by atoms with E-state index >= 15 is 0 Å². The summed E-state index contributed by atoms with van der Waals surface area (Å²) in [5, 5.41) is 12.1. The molecule has 0 amide bonds. The van der Waals surface area contributed by atoms with Gasteiger partial charge in [-0.05, 0) is 57.3 Å². The molecule has 3 fully saturated rings. The standard InChI is InChI=1S/C27H41N7O/c1-22-6-2-3-7-23(22)24-20-25(26(28)31-30-24)34-14-8-27(9-15-34)21-33(18-19-35-27)13-5-4-12-32-16-10-29-11-17-32/h2-3,6-7,20,29H,4-5,8-19,21H2,1H3,(H2,28,31). The largest absolute Gasteiger partial charge is 0.380 e. The number of piperazine rings is 1. The summed E-state index contributed by atoms with van der Waals surface area (Å²) in [5.41, 5.74) is 10.4. The van der Waals surface area contributed by atoms with Crippen molar-refractivity contribution in [3.63, 3.8) is 0 Å². The van der Waals surface area contributed by atoms with E-state index in [0.717, 1.165) is 75.7 Å². The number of aryl methyl sites for hydroxylation is 1. The number of aromatic nitrogens is 2. The molecular weight excluding hydrogens is 438 g/mol. The number of ether oxygens (including phenoxy) is 1. The number of nitrogens with zero attached hydrogens (tertiary/aromatic N) is 5. The number of anilines is 2. The maximum absolute atomic E-state index is 6.42. The number of morpholine rings is 1. The van der Waals surface area contributed by atoms with Gasteiger partial charge in [0.2, 0.25) is 0 Å². The first kappa shape index (κ1) is 24.4. The normalized spacial score (nSPS) is 21.5. The Kier molecular flexibility index (Phi) is 7.82. The fraction of sp³-hybridized carbons (Fsp3) is 0.630. The van der Waals surface area contributed by atoms with Crippen molar-refractivity contribution in [2.45, 2.75) is 38.2 Å². The monoisotopic (exact) mass is 479 g/mol. The average molecular weight is 480 g/mol. The van der Waals surface area contributed by atoms with Gasteiger partial charge in [-0.3, -0.25) is 4.90 Å². The van der Waals surface area contributed by atoms with Crippen molar-refractivity contribution in [3.8, 4) is 11.3 Å². The highest BCUT2D eigenvalue weighted by atomic mass is 16.5. The Hall–Kier alpha value is -2.26. The van der Waals surface area contributed by atoms with Gasteiger partial charge in [0.1, 0.15) is 0 Å². The average Bonchev–Trinajstić information content (AvgIpc) is 2.89. The molecule has 3 aliphatic heterocycles. The SMILES string of the molecule is Cc1ccccc1-c1cc(N2CCC3(CC2)CN(CCCCN2CCNCC2)CCO3)c(N)nn1. The molecule has 8 nitrogen and oxygen atoms in total. The van der Waals surface area contributed by atoms with Gasteiger partial charge in [-0.25, -0.2) is 0 Å². The van der Waals surface area contributed by atoms with Crippen LogP contribution in [0.3, 0.4) is 0 Å². The Morgan fingerprint density at radius 1 is 0.971 bits per heavy atom. The minimum atomic E-state index is -0.0264. The molecule has 5 rings (SSSR count). The smallest absolute Gasteiger partial charge is 0.169 e. The topological polar surface area (TPSA) is 82.8 Å². The molecule has 0 bridgehead atoms. The number of nitrogens with one attached hydrogen (secondary N) is 1. The van der Waals surface area contributed by atoms with Crippen LogP contribution in [-0.4, -0.2) is 97.7 Å². The Bertz CT molecular complexity index is 970. The molecule has 4 heterocycles. The van der Waals surface area contributed by atoms with E-state index in [2.05, 4.69) is 61.4 Å². The number of rotatable bonds is 7. The van der Waals surface area contributed by atoms with Crippen molar-refractivity contribution >= 4 is 11.5 Å². The summed E-state index contributed by atoms with van der Waals surface area (Å²) in [5.74, 6) is 0.508. The second-order valence-electron chi connectivity index (χ2n) is 10.4. The number of nitrogen functional groups attached to an aromatic ring is 1. The van der Waals surface area contributed by atoms with Crippen LogP contribution in [0.2, 0.25) is 0 Å². The van der Waals surface area contributed by atoms with Crippen LogP contribution in [0.5, 0.6) is 0 Å². The highest BCUT2D eigenvalue weighted by Crippen LogP contribution is 2.35. The van der Waals surface area contributed by atoms with E-state index in [1.54, 1.807) is 0 Å². The van der Waals surface area contributed by atoms with Crippen molar-refractivity contribution in [1.82, 2.24) is 25.3 Å². The van der Waals surface area contributed by atoms with Crippen LogP contribution < -0.4 is 16.0 Å². The summed E-state index contributed by atoms with van der Waals surface area (Å²) in [6, 6.07) is 10.4. The summed E-state index contributed by atoms with van der Waals surface area (Å²) >= 11 is 0. The Labute approximate surface area is 209 Å². The van der Waals surface area contributed by atoms with Gasteiger partial charge in [0, 0.05) is 57.9 Å². The summed E-state index contributed by atoms with van der Waals surface area (Å²) in [7, 11) is 0. The highest BCUT2D eigenvalue weighted by molar-refractivity contribution is 5.72. The quantitative estimate of drug-likeness (QED) is 0.586. The molecule has 0 aliphatic carbocycles. The summed E-state index contributed by atoms with van der Waals surface area (Å²) in [6.45, 7) is 14.0. The molecule has 3 aliphatic rings. The lowest BCUT2D eigenvalue weighted by molar-refractivity contribution is -0.121. The van der Waals surface area contributed by atoms with Crippen LogP contribution in [0.15, 0.2) is 30.3 Å². The first-order valence-electron chi connectivity index (χ1n) is 13.4. The predicted octanol–water partition coefficient (Wildman–Crippen LogP) is 2.39. The number of nitrogens with two attached hydrogens (primary N) is 1. The lowest BCUT2D eigenvalue weighted by atomic mass is 9.89. The second kappa shape index (κ2) is 11.2. The van der Waals surface area contributed by atoms with Gasteiger partial charge in [-0.15, -0.1) is 10.2 Å². The molecule has 8 heteroatoms. The van der Waals surface area contributed by atoms with Gasteiger partial charge >= 0.3 is 0 Å². The number of benzene rings is 1. The molecule has 0 saturated carbocycles. The van der Waals surface area contributed by atoms with Crippen LogP contribution in [0.4, 0.5) is 11.5 Å². The summed E-state index contributed by atoms with van der Waals surface area (Å²) < 4.78 is 6.42. The van der Waals surface area contributed by atoms with E-state index in [-0.39, 0.29) is 5.60 Å². The third-order valence-corrected chi connectivity index (χ3v) is 7.97. The third kappa shape index (κ3) is 5.94. The number of unbranched alkanes of at least 4 members (excludes halogenated alkanes) is 1. The number of hydrogen-bond donors (Lipinski definition) is 2. The van der Waals surface area contributed by atoms with Crippen LogP contribution in [0, 0.1) is 6.92 Å². The predicted molar refractivity (Wildman–Crippen MR) is 142 cm³/mol. The number of piperidine rings is 1. The zero-order valence-corrected chi connectivity index (χ0v) is 21.2. The van der Waals surface area contributed by atoms with Crippen LogP contribution in [0.25, 0.3) is 11.3 Å². The van der Waals surface area contributed by atoms with Crippen LogP contribution in [-0.2, 0) is 4.74 Å². The van der Waals surface area contributed by atoms with Crippen LogP contribution in [0.1, 0.15) is 31.2 Å². The second-order valence-corrected chi connectivity index (χ2v) is 10.4. The molecule has 0 atom stereocenters. The van der Waals surface area contributed by atoms with E-state index < -0.39 is 0 Å². The molecular formula is C27H41N7O. The molecule has 0 unspecified atom stereocenters. The van der Waals surface area contributed by atoms with Crippen molar-refractivity contribution in [3.05, 3.63) is 35.9 Å². The van der Waals surface area contributed by atoms with Gasteiger partial charge in [-0.1, -0.05) is 24.3 Å². The molecule has 1 aromatic carbocycles. The van der Waals surface area contributed by atoms with Gasteiger partial charge in [0.05, 0.1) is 23.6 Å². The highest BCUT2D eigenvalue weighted by Gasteiger charge is 2.40. The fourth-order valence-electron chi connectivity index (χ4n) is 5.81. The minimum absolute atomic E-state index is 0.0264. The molecule has 3 N–H and O–H groups in total. The van der Waals surface area contributed by atoms with E-state index in [1.165, 1.54) is 44.6 Å². The Balaban J connectivity index is 1.14. The molecule has 2 aromatic rings. The summed E-state index contributed by atoms with van der Waals surface area (Å²) in [4.78, 5) is 7.60. The fourth-order valence-corrected chi connectivity index (χ4v) is 5.81. The zero-order chi connectivity index (χ0) is 24.1.